The number of benzene rings is 1. The summed E-state index contributed by atoms with van der Waals surface area (Å²) in [7, 11) is 0. The number of carboxylic acid groups (broad SMARTS) is 1. The van der Waals surface area contributed by atoms with Crippen LogP contribution in [0.2, 0.25) is 0 Å². The molecule has 0 heterocycles. The fourth-order valence-corrected chi connectivity index (χ4v) is 1.27. The molecule has 0 aliphatic carbocycles. The van der Waals surface area contributed by atoms with Gasteiger partial charge < -0.3 is 5.11 Å². The van der Waals surface area contributed by atoms with Crippen LogP contribution in [0.25, 0.3) is 0 Å². The molecule has 1 N–H and O–H groups in total. The van der Waals surface area contributed by atoms with Gasteiger partial charge in [-0.05, 0) is 13.0 Å². The number of nitrogens with zero attached hydrogens (tertiary/aromatic N) is 1. The quantitative estimate of drug-likeness (QED) is 0.637. The number of hydrogen-bond acceptors (Lipinski definition) is 3. The highest BCUT2D eigenvalue weighted by Gasteiger charge is 2.46. The van der Waals surface area contributed by atoms with Crippen molar-refractivity contribution in [2.24, 2.45) is 0 Å². The van der Waals surface area contributed by atoms with Gasteiger partial charge in [0.25, 0.3) is 5.69 Å². The van der Waals surface area contributed by atoms with Gasteiger partial charge in [0.15, 0.2) is 0 Å². The Bertz CT molecular complexity index is 459. The molecule has 0 saturated heterocycles. The van der Waals surface area contributed by atoms with Crippen molar-refractivity contribution in [3.63, 3.8) is 0 Å². The van der Waals surface area contributed by atoms with Gasteiger partial charge in [-0.1, -0.05) is 12.1 Å². The molecule has 1 aromatic carbocycles. The third-order valence-corrected chi connectivity index (χ3v) is 2.03. The molecule has 1 rings (SSSR count). The normalized spacial score (nSPS) is 11.2. The number of para-hydroxylation sites is 1. The molecular weight excluding hydrogens is 224 g/mol. The van der Waals surface area contributed by atoms with E-state index in [2.05, 4.69) is 0 Å². The molecule has 0 fully saturated rings. The maximum Gasteiger partial charge on any atom is 0.379 e. The topological polar surface area (TPSA) is 80.4 Å². The number of nitro groups is 1. The first kappa shape index (κ1) is 12.0. The SMILES string of the molecule is Cc1cccc(C(F)(F)C(=O)O)c1[N+](=O)[O-]. The lowest BCUT2D eigenvalue weighted by atomic mass is 10.0. The predicted octanol–water partition coefficient (Wildman–Crippen LogP) is 2.08. The van der Waals surface area contributed by atoms with Gasteiger partial charge in [0.2, 0.25) is 0 Å². The highest BCUT2D eigenvalue weighted by atomic mass is 19.3. The van der Waals surface area contributed by atoms with Crippen LogP contribution in [-0.2, 0) is 10.7 Å². The molecule has 0 atom stereocenters. The van der Waals surface area contributed by atoms with Gasteiger partial charge in [0, 0.05) is 5.56 Å². The van der Waals surface area contributed by atoms with Gasteiger partial charge in [-0.25, -0.2) is 4.79 Å². The third kappa shape index (κ3) is 1.83. The first-order valence-electron chi connectivity index (χ1n) is 4.14. The van der Waals surface area contributed by atoms with Crippen LogP contribution in [0.4, 0.5) is 14.5 Å². The lowest BCUT2D eigenvalue weighted by Crippen LogP contribution is -2.26. The van der Waals surface area contributed by atoms with Gasteiger partial charge >= 0.3 is 11.9 Å². The van der Waals surface area contributed by atoms with Crippen LogP contribution in [0.3, 0.4) is 0 Å². The summed E-state index contributed by atoms with van der Waals surface area (Å²) in [5.41, 5.74) is -1.98. The van der Waals surface area contributed by atoms with Crippen LogP contribution in [-0.4, -0.2) is 16.0 Å². The van der Waals surface area contributed by atoms with Crippen molar-refractivity contribution < 1.29 is 23.6 Å². The smallest absolute Gasteiger partial charge is 0.379 e. The predicted molar refractivity (Wildman–Crippen MR) is 49.4 cm³/mol. The van der Waals surface area contributed by atoms with Crippen molar-refractivity contribution in [3.05, 3.63) is 39.4 Å². The Balaban J connectivity index is 3.51. The molecule has 16 heavy (non-hydrogen) atoms. The largest absolute Gasteiger partial charge is 0.477 e. The zero-order valence-electron chi connectivity index (χ0n) is 8.11. The van der Waals surface area contributed by atoms with Crippen molar-refractivity contribution >= 4 is 11.7 Å². The van der Waals surface area contributed by atoms with E-state index >= 15 is 0 Å². The molecule has 5 nitrogen and oxygen atoms in total. The molecular formula is C9H7F2NO4. The maximum absolute atomic E-state index is 13.2. The molecule has 0 spiro atoms. The van der Waals surface area contributed by atoms with E-state index < -0.39 is 28.1 Å². The van der Waals surface area contributed by atoms with Gasteiger partial charge in [-0.3, -0.25) is 10.1 Å². The molecule has 0 saturated carbocycles. The van der Waals surface area contributed by atoms with E-state index in [1.54, 1.807) is 0 Å². The van der Waals surface area contributed by atoms with E-state index in [4.69, 9.17) is 5.11 Å². The lowest BCUT2D eigenvalue weighted by molar-refractivity contribution is -0.387. The number of rotatable bonds is 3. The first-order valence-corrected chi connectivity index (χ1v) is 4.14. The molecule has 0 aliphatic rings. The van der Waals surface area contributed by atoms with Crippen molar-refractivity contribution in [2.45, 2.75) is 12.8 Å². The van der Waals surface area contributed by atoms with Crippen molar-refractivity contribution in [1.29, 1.82) is 0 Å². The second kappa shape index (κ2) is 3.84. The third-order valence-electron chi connectivity index (χ3n) is 2.03. The van der Waals surface area contributed by atoms with Gasteiger partial charge in [0.05, 0.1) is 4.92 Å². The monoisotopic (exact) mass is 231 g/mol. The van der Waals surface area contributed by atoms with Crippen LogP contribution in [0, 0.1) is 17.0 Å². The summed E-state index contributed by atoms with van der Waals surface area (Å²) in [4.78, 5) is 19.9. The molecule has 0 aromatic heterocycles. The summed E-state index contributed by atoms with van der Waals surface area (Å²) in [6, 6.07) is 3.15. The van der Waals surface area contributed by atoms with Crippen LogP contribution >= 0.6 is 0 Å². The minimum absolute atomic E-state index is 0.0107. The number of halogens is 2. The lowest BCUT2D eigenvalue weighted by Gasteiger charge is -2.12. The van der Waals surface area contributed by atoms with Crippen molar-refractivity contribution in [2.75, 3.05) is 0 Å². The summed E-state index contributed by atoms with van der Waals surface area (Å²) in [5, 5.41) is 18.9. The first-order chi connectivity index (χ1) is 7.28. The van der Waals surface area contributed by atoms with E-state index in [1.807, 2.05) is 0 Å². The number of aliphatic carboxylic acids is 1. The summed E-state index contributed by atoms with van der Waals surface area (Å²) in [5.74, 6) is -6.68. The number of aryl methyl sites for hydroxylation is 1. The second-order valence-corrected chi connectivity index (χ2v) is 3.11. The molecule has 86 valence electrons. The van der Waals surface area contributed by atoms with Crippen LogP contribution in [0.5, 0.6) is 0 Å². The van der Waals surface area contributed by atoms with Gasteiger partial charge in [-0.15, -0.1) is 0 Å². The number of carbonyl (C=O) groups is 1. The number of nitro benzene ring substituents is 1. The number of hydrogen-bond donors (Lipinski definition) is 1. The summed E-state index contributed by atoms with van der Waals surface area (Å²) in [6.45, 7) is 1.26. The summed E-state index contributed by atoms with van der Waals surface area (Å²) < 4.78 is 26.4. The van der Waals surface area contributed by atoms with Gasteiger partial charge in [0.1, 0.15) is 5.56 Å². The standard InChI is InChI=1S/C9H7F2NO4/c1-5-3-2-4-6(7(5)12(15)16)9(10,11)8(13)14/h2-4H,1H3,(H,13,14). The van der Waals surface area contributed by atoms with Gasteiger partial charge in [-0.2, -0.15) is 8.78 Å². The van der Waals surface area contributed by atoms with Crippen LogP contribution < -0.4 is 0 Å². The molecule has 0 radical (unpaired) electrons. The zero-order chi connectivity index (χ0) is 12.5. The van der Waals surface area contributed by atoms with Crippen molar-refractivity contribution in [1.82, 2.24) is 0 Å². The molecule has 1 aromatic rings. The Labute approximate surface area is 88.5 Å². The fraction of sp³-hybridized carbons (Fsp3) is 0.222. The molecule has 0 bridgehead atoms. The van der Waals surface area contributed by atoms with Crippen LogP contribution in [0.1, 0.15) is 11.1 Å². The Hall–Kier alpha value is -2.05. The fourth-order valence-electron chi connectivity index (χ4n) is 1.27. The van der Waals surface area contributed by atoms with Crippen LogP contribution in [0.15, 0.2) is 18.2 Å². The Morgan fingerprint density at radius 1 is 1.50 bits per heavy atom. The second-order valence-electron chi connectivity index (χ2n) is 3.11. The zero-order valence-corrected chi connectivity index (χ0v) is 8.11. The van der Waals surface area contributed by atoms with E-state index in [0.717, 1.165) is 12.1 Å². The molecule has 0 amide bonds. The highest BCUT2D eigenvalue weighted by Crippen LogP contribution is 2.36. The molecule has 0 aliphatic heterocycles. The van der Waals surface area contributed by atoms with E-state index in [-0.39, 0.29) is 5.56 Å². The minimum Gasteiger partial charge on any atom is -0.477 e. The van der Waals surface area contributed by atoms with E-state index in [1.165, 1.54) is 13.0 Å². The average Bonchev–Trinajstić information content (AvgIpc) is 2.16. The van der Waals surface area contributed by atoms with Crippen molar-refractivity contribution in [3.8, 4) is 0 Å². The highest BCUT2D eigenvalue weighted by molar-refractivity contribution is 5.79. The van der Waals surface area contributed by atoms with E-state index in [9.17, 15) is 23.7 Å². The Morgan fingerprint density at radius 2 is 2.06 bits per heavy atom. The molecule has 7 heteroatoms. The summed E-state index contributed by atoms with van der Waals surface area (Å²) >= 11 is 0. The number of carboxylic acids is 1. The Morgan fingerprint density at radius 3 is 2.50 bits per heavy atom. The summed E-state index contributed by atoms with van der Waals surface area (Å²) in [6.07, 6.45) is 0. The minimum atomic E-state index is -4.27. The van der Waals surface area contributed by atoms with E-state index in [0.29, 0.717) is 0 Å². The number of alkyl halides is 2. The molecule has 0 unspecified atom stereocenters. The average molecular weight is 231 g/mol. The Kier molecular flexibility index (Phi) is 2.88. The maximum atomic E-state index is 13.2.